The molecule has 1 aliphatic carbocycles. The molecular formula is C13H19N3O3. The number of urea groups is 1. The Bertz CT molecular complexity index is 412. The van der Waals surface area contributed by atoms with Crippen LogP contribution in [-0.2, 0) is 4.79 Å². The van der Waals surface area contributed by atoms with Crippen molar-refractivity contribution in [2.75, 3.05) is 19.6 Å². The standard InChI is InChI=1S/C13H19N3O3/c14-6-5-13(3-4-13)9-15-12(19)16-7-1-2-10(8-16)11(17)18/h10H,1-5,7-9H2,(H,15,19)(H,17,18). The fourth-order valence-electron chi connectivity index (χ4n) is 2.50. The molecule has 1 unspecified atom stereocenters. The van der Waals surface area contributed by atoms with Crippen molar-refractivity contribution in [2.24, 2.45) is 11.3 Å². The van der Waals surface area contributed by atoms with Crippen LogP contribution >= 0.6 is 0 Å². The number of carboxylic acids is 1. The van der Waals surface area contributed by atoms with Crippen LogP contribution in [0.15, 0.2) is 0 Å². The van der Waals surface area contributed by atoms with Crippen LogP contribution in [0.3, 0.4) is 0 Å². The third kappa shape index (κ3) is 3.37. The zero-order chi connectivity index (χ0) is 13.9. The van der Waals surface area contributed by atoms with Gasteiger partial charge in [0, 0.05) is 31.5 Å². The lowest BCUT2D eigenvalue weighted by Gasteiger charge is -2.31. The highest BCUT2D eigenvalue weighted by Crippen LogP contribution is 2.47. The fraction of sp³-hybridized carbons (Fsp3) is 0.769. The number of aliphatic carboxylic acids is 1. The molecule has 0 spiro atoms. The van der Waals surface area contributed by atoms with Crippen molar-refractivity contribution in [3.63, 3.8) is 0 Å². The van der Waals surface area contributed by atoms with E-state index in [4.69, 9.17) is 10.4 Å². The Labute approximate surface area is 112 Å². The maximum atomic E-state index is 12.0. The minimum absolute atomic E-state index is 0.0214. The van der Waals surface area contributed by atoms with Gasteiger partial charge in [0.2, 0.25) is 0 Å². The Morgan fingerprint density at radius 3 is 2.79 bits per heavy atom. The molecule has 0 aromatic heterocycles. The largest absolute Gasteiger partial charge is 0.481 e. The molecule has 2 fully saturated rings. The number of piperidine rings is 1. The molecule has 0 aromatic carbocycles. The van der Waals surface area contributed by atoms with Gasteiger partial charge in [0.1, 0.15) is 0 Å². The molecule has 2 aliphatic rings. The normalized spacial score (nSPS) is 24.4. The monoisotopic (exact) mass is 265 g/mol. The van der Waals surface area contributed by atoms with E-state index in [2.05, 4.69) is 11.4 Å². The summed E-state index contributed by atoms with van der Waals surface area (Å²) >= 11 is 0. The Balaban J connectivity index is 1.80. The number of carbonyl (C=O) groups excluding carboxylic acids is 1. The van der Waals surface area contributed by atoms with Crippen molar-refractivity contribution in [1.82, 2.24) is 10.2 Å². The van der Waals surface area contributed by atoms with Gasteiger partial charge in [-0.3, -0.25) is 4.79 Å². The third-order valence-electron chi connectivity index (χ3n) is 4.08. The molecule has 0 bridgehead atoms. The van der Waals surface area contributed by atoms with Crippen LogP contribution < -0.4 is 5.32 Å². The molecular weight excluding hydrogens is 246 g/mol. The van der Waals surface area contributed by atoms with E-state index < -0.39 is 11.9 Å². The molecule has 1 atom stereocenters. The number of amides is 2. The van der Waals surface area contributed by atoms with Gasteiger partial charge in [-0.15, -0.1) is 0 Å². The summed E-state index contributed by atoms with van der Waals surface area (Å²) in [5, 5.41) is 20.5. The van der Waals surface area contributed by atoms with Crippen molar-refractivity contribution in [1.29, 1.82) is 5.26 Å². The van der Waals surface area contributed by atoms with Gasteiger partial charge >= 0.3 is 12.0 Å². The van der Waals surface area contributed by atoms with Crippen LogP contribution in [0.2, 0.25) is 0 Å². The molecule has 1 saturated carbocycles. The highest BCUT2D eigenvalue weighted by molar-refractivity contribution is 5.76. The first-order valence-corrected chi connectivity index (χ1v) is 6.69. The minimum atomic E-state index is -0.833. The number of carboxylic acid groups (broad SMARTS) is 1. The Hall–Kier alpha value is -1.77. The molecule has 2 N–H and O–H groups in total. The SMILES string of the molecule is N#CCC1(CNC(=O)N2CCCC(C(=O)O)C2)CC1. The highest BCUT2D eigenvalue weighted by atomic mass is 16.4. The van der Waals surface area contributed by atoms with Crippen LogP contribution in [0.1, 0.15) is 32.1 Å². The Morgan fingerprint density at radius 1 is 1.47 bits per heavy atom. The summed E-state index contributed by atoms with van der Waals surface area (Å²) in [5.74, 6) is -1.28. The summed E-state index contributed by atoms with van der Waals surface area (Å²) < 4.78 is 0. The lowest BCUT2D eigenvalue weighted by molar-refractivity contribution is -0.143. The molecule has 1 aliphatic heterocycles. The van der Waals surface area contributed by atoms with E-state index >= 15 is 0 Å². The molecule has 19 heavy (non-hydrogen) atoms. The summed E-state index contributed by atoms with van der Waals surface area (Å²) in [6, 6.07) is 1.95. The average Bonchev–Trinajstić information content (AvgIpc) is 3.17. The number of hydrogen-bond donors (Lipinski definition) is 2. The number of hydrogen-bond acceptors (Lipinski definition) is 3. The van der Waals surface area contributed by atoms with Crippen molar-refractivity contribution in [3.05, 3.63) is 0 Å². The van der Waals surface area contributed by atoms with Crippen LogP contribution in [0, 0.1) is 22.7 Å². The van der Waals surface area contributed by atoms with Crippen LogP contribution in [0.25, 0.3) is 0 Å². The lowest BCUT2D eigenvalue weighted by atomic mass is 9.98. The molecule has 2 amide bonds. The van der Waals surface area contributed by atoms with Gasteiger partial charge < -0.3 is 15.3 Å². The van der Waals surface area contributed by atoms with Gasteiger partial charge in [-0.2, -0.15) is 5.26 Å². The third-order valence-corrected chi connectivity index (χ3v) is 4.08. The predicted octanol–water partition coefficient (Wildman–Crippen LogP) is 1.19. The molecule has 2 rings (SSSR count). The zero-order valence-corrected chi connectivity index (χ0v) is 10.9. The summed E-state index contributed by atoms with van der Waals surface area (Å²) in [4.78, 5) is 24.5. The summed E-state index contributed by atoms with van der Waals surface area (Å²) in [5.41, 5.74) is -0.0214. The van der Waals surface area contributed by atoms with Crippen LogP contribution in [0.5, 0.6) is 0 Å². The Kier molecular flexibility index (Phi) is 3.93. The molecule has 104 valence electrons. The second-order valence-corrected chi connectivity index (χ2v) is 5.62. The number of rotatable bonds is 4. The summed E-state index contributed by atoms with van der Waals surface area (Å²) in [6.45, 7) is 1.42. The molecule has 6 heteroatoms. The second-order valence-electron chi connectivity index (χ2n) is 5.62. The van der Waals surface area contributed by atoms with Crippen molar-refractivity contribution in [3.8, 4) is 6.07 Å². The number of nitriles is 1. The van der Waals surface area contributed by atoms with E-state index in [0.717, 1.165) is 19.3 Å². The van der Waals surface area contributed by atoms with Gasteiger partial charge in [0.25, 0.3) is 0 Å². The van der Waals surface area contributed by atoms with E-state index in [1.807, 2.05) is 0 Å². The van der Waals surface area contributed by atoms with Gasteiger partial charge in [-0.05, 0) is 25.7 Å². The molecule has 0 aromatic rings. The summed E-state index contributed by atoms with van der Waals surface area (Å²) in [7, 11) is 0. The van der Waals surface area contributed by atoms with Crippen LogP contribution in [-0.4, -0.2) is 41.6 Å². The maximum absolute atomic E-state index is 12.0. The van der Waals surface area contributed by atoms with E-state index in [0.29, 0.717) is 25.9 Å². The first kappa shape index (κ1) is 13.7. The van der Waals surface area contributed by atoms with Crippen molar-refractivity contribution < 1.29 is 14.7 Å². The number of carbonyl (C=O) groups is 2. The zero-order valence-electron chi connectivity index (χ0n) is 10.9. The highest BCUT2D eigenvalue weighted by Gasteiger charge is 2.42. The molecule has 6 nitrogen and oxygen atoms in total. The smallest absolute Gasteiger partial charge is 0.317 e. The van der Waals surface area contributed by atoms with Crippen molar-refractivity contribution in [2.45, 2.75) is 32.1 Å². The first-order valence-electron chi connectivity index (χ1n) is 6.69. The van der Waals surface area contributed by atoms with Gasteiger partial charge in [-0.1, -0.05) is 0 Å². The molecule has 1 heterocycles. The van der Waals surface area contributed by atoms with E-state index in [-0.39, 0.29) is 18.0 Å². The van der Waals surface area contributed by atoms with Crippen molar-refractivity contribution >= 4 is 12.0 Å². The number of nitrogens with zero attached hydrogens (tertiary/aromatic N) is 2. The molecule has 1 saturated heterocycles. The predicted molar refractivity (Wildman–Crippen MR) is 67.2 cm³/mol. The fourth-order valence-corrected chi connectivity index (χ4v) is 2.50. The number of likely N-dealkylation sites (tertiary alicyclic amines) is 1. The van der Waals surface area contributed by atoms with Gasteiger partial charge in [0.05, 0.1) is 12.0 Å². The van der Waals surface area contributed by atoms with E-state index in [9.17, 15) is 9.59 Å². The van der Waals surface area contributed by atoms with Gasteiger partial charge in [-0.25, -0.2) is 4.79 Å². The maximum Gasteiger partial charge on any atom is 0.317 e. The molecule has 0 radical (unpaired) electrons. The quantitative estimate of drug-likeness (QED) is 0.798. The van der Waals surface area contributed by atoms with E-state index in [1.54, 1.807) is 4.90 Å². The van der Waals surface area contributed by atoms with Gasteiger partial charge in [0.15, 0.2) is 0 Å². The summed E-state index contributed by atoms with van der Waals surface area (Å²) in [6.07, 6.45) is 3.81. The Morgan fingerprint density at radius 2 is 2.21 bits per heavy atom. The first-order chi connectivity index (χ1) is 9.06. The van der Waals surface area contributed by atoms with E-state index in [1.165, 1.54) is 0 Å². The average molecular weight is 265 g/mol. The number of nitrogens with one attached hydrogen (secondary N) is 1. The second kappa shape index (κ2) is 5.47. The minimum Gasteiger partial charge on any atom is -0.481 e. The lowest BCUT2D eigenvalue weighted by Crippen LogP contribution is -2.48. The van der Waals surface area contributed by atoms with Crippen LogP contribution in [0.4, 0.5) is 4.79 Å². The topological polar surface area (TPSA) is 93.4 Å².